The minimum atomic E-state index is -0.540. The first-order valence-corrected chi connectivity index (χ1v) is 5.73. The Balaban J connectivity index is 2.37. The lowest BCUT2D eigenvalue weighted by Crippen LogP contribution is -2.44. The Morgan fingerprint density at radius 2 is 2.11 bits per heavy atom. The molecule has 1 aromatic rings. The SMILES string of the molecule is Cn1cc(C2CC(=O)CCN2C(N)=O)ccc1=O. The van der Waals surface area contributed by atoms with Gasteiger partial charge in [0, 0.05) is 38.7 Å². The molecule has 1 unspecified atom stereocenters. The summed E-state index contributed by atoms with van der Waals surface area (Å²) in [6.45, 7) is 0.335. The monoisotopic (exact) mass is 249 g/mol. The molecular formula is C12H15N3O3. The number of Topliss-reactive ketones (excluding diaryl/α,β-unsaturated/α-hetero) is 1. The fourth-order valence-corrected chi connectivity index (χ4v) is 2.20. The minimum absolute atomic E-state index is 0.103. The second kappa shape index (κ2) is 4.64. The Bertz CT molecular complexity index is 550. The summed E-state index contributed by atoms with van der Waals surface area (Å²) in [7, 11) is 1.63. The van der Waals surface area contributed by atoms with Crippen molar-refractivity contribution in [2.75, 3.05) is 6.54 Å². The van der Waals surface area contributed by atoms with E-state index in [-0.39, 0.29) is 23.8 Å². The highest BCUT2D eigenvalue weighted by atomic mass is 16.2. The third-order valence-corrected chi connectivity index (χ3v) is 3.21. The molecule has 1 fully saturated rings. The van der Waals surface area contributed by atoms with Crippen molar-refractivity contribution < 1.29 is 9.59 Å². The summed E-state index contributed by atoms with van der Waals surface area (Å²) < 4.78 is 1.42. The number of nitrogens with zero attached hydrogens (tertiary/aromatic N) is 2. The van der Waals surface area contributed by atoms with Gasteiger partial charge in [-0.1, -0.05) is 0 Å². The summed E-state index contributed by atoms with van der Waals surface area (Å²) in [4.78, 5) is 35.7. The van der Waals surface area contributed by atoms with Gasteiger partial charge >= 0.3 is 6.03 Å². The van der Waals surface area contributed by atoms with E-state index in [0.29, 0.717) is 13.0 Å². The van der Waals surface area contributed by atoms with Gasteiger partial charge in [0.05, 0.1) is 6.04 Å². The highest BCUT2D eigenvalue weighted by Gasteiger charge is 2.30. The fraction of sp³-hybridized carbons (Fsp3) is 0.417. The number of nitrogens with two attached hydrogens (primary N) is 1. The summed E-state index contributed by atoms with van der Waals surface area (Å²) in [6, 6.07) is 2.16. The van der Waals surface area contributed by atoms with Crippen LogP contribution in [0.2, 0.25) is 0 Å². The van der Waals surface area contributed by atoms with Crippen LogP contribution in [0.3, 0.4) is 0 Å². The maximum atomic E-state index is 11.5. The number of hydrogen-bond donors (Lipinski definition) is 1. The minimum Gasteiger partial charge on any atom is -0.351 e. The van der Waals surface area contributed by atoms with E-state index in [1.54, 1.807) is 19.3 Å². The van der Waals surface area contributed by atoms with Crippen molar-refractivity contribution in [2.24, 2.45) is 12.8 Å². The second-order valence-electron chi connectivity index (χ2n) is 4.45. The molecule has 0 saturated carbocycles. The standard InChI is InChI=1S/C12H15N3O3/c1-14-7-8(2-3-11(14)17)10-6-9(16)4-5-15(10)12(13)18/h2-3,7,10H,4-6H2,1H3,(H2,13,18). The first-order valence-electron chi connectivity index (χ1n) is 5.73. The van der Waals surface area contributed by atoms with Crippen LogP contribution in [0, 0.1) is 0 Å². The molecule has 2 amide bonds. The number of ketones is 1. The van der Waals surface area contributed by atoms with Crippen molar-refractivity contribution >= 4 is 11.8 Å². The Hall–Kier alpha value is -2.11. The first kappa shape index (κ1) is 12.3. The Labute approximate surface area is 104 Å². The zero-order chi connectivity index (χ0) is 13.3. The van der Waals surface area contributed by atoms with E-state index >= 15 is 0 Å². The number of carbonyl (C=O) groups is 2. The first-order chi connectivity index (χ1) is 8.49. The molecule has 6 heteroatoms. The van der Waals surface area contributed by atoms with Gasteiger partial charge in [-0.2, -0.15) is 0 Å². The van der Waals surface area contributed by atoms with E-state index in [2.05, 4.69) is 0 Å². The van der Waals surface area contributed by atoms with Crippen molar-refractivity contribution in [2.45, 2.75) is 18.9 Å². The largest absolute Gasteiger partial charge is 0.351 e. The number of hydrogen-bond acceptors (Lipinski definition) is 3. The van der Waals surface area contributed by atoms with Crippen molar-refractivity contribution in [3.63, 3.8) is 0 Å². The lowest BCUT2D eigenvalue weighted by Gasteiger charge is -2.34. The zero-order valence-electron chi connectivity index (χ0n) is 10.1. The van der Waals surface area contributed by atoms with E-state index in [4.69, 9.17) is 5.73 Å². The zero-order valence-corrected chi connectivity index (χ0v) is 10.1. The van der Waals surface area contributed by atoms with Crippen molar-refractivity contribution in [3.05, 3.63) is 34.2 Å². The van der Waals surface area contributed by atoms with E-state index in [0.717, 1.165) is 5.56 Å². The van der Waals surface area contributed by atoms with Gasteiger partial charge in [0.1, 0.15) is 5.78 Å². The Morgan fingerprint density at radius 1 is 1.39 bits per heavy atom. The van der Waals surface area contributed by atoms with Crippen molar-refractivity contribution in [3.8, 4) is 0 Å². The highest BCUT2D eigenvalue weighted by molar-refractivity contribution is 5.83. The molecule has 0 aliphatic carbocycles. The van der Waals surface area contributed by atoms with Gasteiger partial charge < -0.3 is 15.2 Å². The molecule has 2 heterocycles. The Kier molecular flexibility index (Phi) is 3.18. The quantitative estimate of drug-likeness (QED) is 0.769. The topological polar surface area (TPSA) is 85.4 Å². The number of urea groups is 1. The number of rotatable bonds is 1. The second-order valence-corrected chi connectivity index (χ2v) is 4.45. The summed E-state index contributed by atoms with van der Waals surface area (Å²) in [6.07, 6.45) is 2.23. The smallest absolute Gasteiger partial charge is 0.315 e. The van der Waals surface area contributed by atoms with E-state index in [9.17, 15) is 14.4 Å². The van der Waals surface area contributed by atoms with Gasteiger partial charge in [-0.15, -0.1) is 0 Å². The van der Waals surface area contributed by atoms with Crippen LogP contribution in [0.25, 0.3) is 0 Å². The van der Waals surface area contributed by atoms with Crippen LogP contribution in [0.5, 0.6) is 0 Å². The van der Waals surface area contributed by atoms with Gasteiger partial charge in [0.15, 0.2) is 0 Å². The summed E-state index contributed by atoms with van der Waals surface area (Å²) in [5.74, 6) is 0.103. The molecule has 0 radical (unpaired) electrons. The molecule has 1 atom stereocenters. The van der Waals surface area contributed by atoms with Crippen LogP contribution < -0.4 is 11.3 Å². The van der Waals surface area contributed by atoms with Crippen LogP contribution >= 0.6 is 0 Å². The number of carbonyl (C=O) groups excluding carboxylic acids is 2. The van der Waals surface area contributed by atoms with Crippen LogP contribution in [0.1, 0.15) is 24.4 Å². The van der Waals surface area contributed by atoms with Gasteiger partial charge in [0.2, 0.25) is 5.56 Å². The third kappa shape index (κ3) is 2.27. The maximum absolute atomic E-state index is 11.5. The van der Waals surface area contributed by atoms with E-state index in [1.165, 1.54) is 15.5 Å². The number of pyridine rings is 1. The fourth-order valence-electron chi connectivity index (χ4n) is 2.20. The van der Waals surface area contributed by atoms with Crippen molar-refractivity contribution in [1.82, 2.24) is 9.47 Å². The molecular weight excluding hydrogens is 234 g/mol. The van der Waals surface area contributed by atoms with E-state index < -0.39 is 6.03 Å². The maximum Gasteiger partial charge on any atom is 0.315 e. The molecule has 18 heavy (non-hydrogen) atoms. The lowest BCUT2D eigenvalue weighted by molar-refractivity contribution is -0.122. The van der Waals surface area contributed by atoms with Gasteiger partial charge in [-0.25, -0.2) is 4.79 Å². The van der Waals surface area contributed by atoms with E-state index in [1.807, 2.05) is 0 Å². The van der Waals surface area contributed by atoms with Crippen molar-refractivity contribution in [1.29, 1.82) is 0 Å². The summed E-state index contributed by atoms with van der Waals surface area (Å²) >= 11 is 0. The van der Waals surface area contributed by atoms with Crippen LogP contribution in [-0.4, -0.2) is 27.8 Å². The molecule has 0 bridgehead atoms. The molecule has 0 spiro atoms. The molecule has 1 aromatic heterocycles. The molecule has 96 valence electrons. The van der Waals surface area contributed by atoms with Gasteiger partial charge in [-0.3, -0.25) is 9.59 Å². The number of likely N-dealkylation sites (tertiary alicyclic amines) is 1. The Morgan fingerprint density at radius 3 is 2.72 bits per heavy atom. The van der Waals surface area contributed by atoms with Crippen LogP contribution in [-0.2, 0) is 11.8 Å². The molecule has 1 aliphatic heterocycles. The molecule has 1 saturated heterocycles. The summed E-state index contributed by atoms with van der Waals surface area (Å²) in [5.41, 5.74) is 5.94. The predicted octanol–water partition coefficient (Wildman–Crippen LogP) is 0.170. The molecule has 0 aromatic carbocycles. The van der Waals surface area contributed by atoms with Gasteiger partial charge in [0.25, 0.3) is 0 Å². The summed E-state index contributed by atoms with van der Waals surface area (Å²) in [5, 5.41) is 0. The number of aryl methyl sites for hydroxylation is 1. The molecule has 2 rings (SSSR count). The average molecular weight is 249 g/mol. The predicted molar refractivity (Wildman–Crippen MR) is 65.0 cm³/mol. The number of primary amides is 1. The number of piperidine rings is 1. The molecule has 6 nitrogen and oxygen atoms in total. The normalized spacial score (nSPS) is 19.9. The lowest BCUT2D eigenvalue weighted by atomic mass is 9.96. The van der Waals surface area contributed by atoms with Crippen LogP contribution in [0.15, 0.2) is 23.1 Å². The number of amides is 2. The molecule has 2 N–H and O–H groups in total. The van der Waals surface area contributed by atoms with Gasteiger partial charge in [-0.05, 0) is 11.6 Å². The average Bonchev–Trinajstić information content (AvgIpc) is 2.32. The highest BCUT2D eigenvalue weighted by Crippen LogP contribution is 2.28. The number of aromatic nitrogens is 1. The van der Waals surface area contributed by atoms with Crippen LogP contribution in [0.4, 0.5) is 4.79 Å². The molecule has 1 aliphatic rings. The third-order valence-electron chi connectivity index (χ3n) is 3.21.